The van der Waals surface area contributed by atoms with Gasteiger partial charge in [-0.25, -0.2) is 4.98 Å². The highest BCUT2D eigenvalue weighted by molar-refractivity contribution is 5.91. The van der Waals surface area contributed by atoms with Crippen LogP contribution in [-0.4, -0.2) is 24.2 Å². The lowest BCUT2D eigenvalue weighted by Gasteiger charge is -2.10. The largest absolute Gasteiger partial charge is 0.493 e. The quantitative estimate of drug-likeness (QED) is 0.739. The molecule has 3 rings (SSSR count). The predicted octanol–water partition coefficient (Wildman–Crippen LogP) is 3.95. The zero-order valence-electron chi connectivity index (χ0n) is 13.8. The maximum atomic E-state index is 9.56. The Balaban J connectivity index is 2.11. The molecular formula is C19H17N3O2. The number of aromatic amines is 1. The molecular weight excluding hydrogens is 302 g/mol. The normalized spacial score (nSPS) is 11.3. The second-order valence-electron chi connectivity index (χ2n) is 5.36. The number of allylic oxidation sites excluding steroid dienone is 1. The second-order valence-corrected chi connectivity index (χ2v) is 5.36. The summed E-state index contributed by atoms with van der Waals surface area (Å²) in [4.78, 5) is 7.70. The van der Waals surface area contributed by atoms with Crippen molar-refractivity contribution in [2.45, 2.75) is 6.92 Å². The lowest BCUT2D eigenvalue weighted by molar-refractivity contribution is 0.354. The standard InChI is InChI=1S/C19H17N3O2/c1-12-7-8-15-16(9-12)22-19(21-15)14(11-20)10-13-5-4-6-17(23-2)18(13)24-3/h4-10H,1-3H3,(H,21,22)/b14-10-. The third kappa shape index (κ3) is 2.82. The zero-order chi connectivity index (χ0) is 17.1. The number of hydrogen-bond acceptors (Lipinski definition) is 4. The minimum Gasteiger partial charge on any atom is -0.493 e. The van der Waals surface area contributed by atoms with Crippen LogP contribution in [0.2, 0.25) is 0 Å². The molecule has 0 saturated carbocycles. The molecule has 0 amide bonds. The van der Waals surface area contributed by atoms with Crippen molar-refractivity contribution >= 4 is 22.7 Å². The highest BCUT2D eigenvalue weighted by Gasteiger charge is 2.12. The summed E-state index contributed by atoms with van der Waals surface area (Å²) in [5, 5.41) is 9.56. The number of rotatable bonds is 4. The smallest absolute Gasteiger partial charge is 0.167 e. The molecule has 3 aromatic rings. The summed E-state index contributed by atoms with van der Waals surface area (Å²) in [6, 6.07) is 13.7. The number of imidazole rings is 1. The molecule has 120 valence electrons. The van der Waals surface area contributed by atoms with Crippen molar-refractivity contribution < 1.29 is 9.47 Å². The van der Waals surface area contributed by atoms with E-state index >= 15 is 0 Å². The molecule has 0 aliphatic carbocycles. The van der Waals surface area contributed by atoms with Gasteiger partial charge < -0.3 is 14.5 Å². The maximum Gasteiger partial charge on any atom is 0.167 e. The Hall–Kier alpha value is -3.26. The van der Waals surface area contributed by atoms with Gasteiger partial charge in [0.05, 0.1) is 30.8 Å². The highest BCUT2D eigenvalue weighted by atomic mass is 16.5. The molecule has 1 N–H and O–H groups in total. The lowest BCUT2D eigenvalue weighted by Crippen LogP contribution is -1.93. The van der Waals surface area contributed by atoms with Crippen LogP contribution in [0.15, 0.2) is 36.4 Å². The number of fused-ring (bicyclic) bond motifs is 1. The van der Waals surface area contributed by atoms with Crippen molar-refractivity contribution in [3.05, 3.63) is 53.3 Å². The van der Waals surface area contributed by atoms with Gasteiger partial charge in [0.15, 0.2) is 11.5 Å². The van der Waals surface area contributed by atoms with Gasteiger partial charge in [-0.05, 0) is 36.8 Å². The first-order valence-corrected chi connectivity index (χ1v) is 7.45. The Morgan fingerprint density at radius 3 is 2.75 bits per heavy atom. The summed E-state index contributed by atoms with van der Waals surface area (Å²) < 4.78 is 10.7. The fraction of sp³-hybridized carbons (Fsp3) is 0.158. The lowest BCUT2D eigenvalue weighted by atomic mass is 10.1. The summed E-state index contributed by atoms with van der Waals surface area (Å²) in [5.74, 6) is 1.73. The van der Waals surface area contributed by atoms with Gasteiger partial charge in [-0.3, -0.25) is 0 Å². The molecule has 0 aliphatic rings. The Bertz CT molecular complexity index is 964. The van der Waals surface area contributed by atoms with E-state index in [1.54, 1.807) is 20.3 Å². The number of nitriles is 1. The number of benzene rings is 2. The van der Waals surface area contributed by atoms with Crippen molar-refractivity contribution in [3.63, 3.8) is 0 Å². The molecule has 0 aliphatic heterocycles. The van der Waals surface area contributed by atoms with Crippen LogP contribution in [0.25, 0.3) is 22.7 Å². The molecule has 2 aromatic carbocycles. The van der Waals surface area contributed by atoms with E-state index in [-0.39, 0.29) is 0 Å². The van der Waals surface area contributed by atoms with E-state index in [9.17, 15) is 5.26 Å². The fourth-order valence-electron chi connectivity index (χ4n) is 2.59. The van der Waals surface area contributed by atoms with Crippen molar-refractivity contribution in [2.75, 3.05) is 14.2 Å². The van der Waals surface area contributed by atoms with Crippen LogP contribution in [0.1, 0.15) is 17.0 Å². The summed E-state index contributed by atoms with van der Waals surface area (Å²) >= 11 is 0. The highest BCUT2D eigenvalue weighted by Crippen LogP contribution is 2.33. The molecule has 1 aromatic heterocycles. The Morgan fingerprint density at radius 2 is 2.04 bits per heavy atom. The molecule has 5 heteroatoms. The van der Waals surface area contributed by atoms with Gasteiger partial charge in [0.1, 0.15) is 11.9 Å². The Kier molecular flexibility index (Phi) is 4.21. The van der Waals surface area contributed by atoms with E-state index in [2.05, 4.69) is 16.0 Å². The number of aromatic nitrogens is 2. The predicted molar refractivity (Wildman–Crippen MR) is 93.9 cm³/mol. The van der Waals surface area contributed by atoms with E-state index in [4.69, 9.17) is 9.47 Å². The second kappa shape index (κ2) is 6.47. The topological polar surface area (TPSA) is 70.9 Å². The number of aryl methyl sites for hydroxylation is 1. The first-order chi connectivity index (χ1) is 11.7. The van der Waals surface area contributed by atoms with Crippen molar-refractivity contribution in [1.82, 2.24) is 9.97 Å². The Labute approximate surface area is 140 Å². The third-order valence-electron chi connectivity index (χ3n) is 3.75. The minimum atomic E-state index is 0.426. The van der Waals surface area contributed by atoms with E-state index in [1.807, 2.05) is 43.3 Å². The molecule has 0 atom stereocenters. The van der Waals surface area contributed by atoms with Gasteiger partial charge in [-0.15, -0.1) is 0 Å². The molecule has 0 saturated heterocycles. The summed E-state index contributed by atoms with van der Waals surface area (Å²) in [5.41, 5.74) is 4.05. The van der Waals surface area contributed by atoms with Gasteiger partial charge in [-0.2, -0.15) is 5.26 Å². The van der Waals surface area contributed by atoms with Gasteiger partial charge >= 0.3 is 0 Å². The maximum absolute atomic E-state index is 9.56. The third-order valence-corrected chi connectivity index (χ3v) is 3.75. The van der Waals surface area contributed by atoms with Crippen molar-refractivity contribution in [2.24, 2.45) is 0 Å². The number of ether oxygens (including phenoxy) is 2. The van der Waals surface area contributed by atoms with Gasteiger partial charge in [-0.1, -0.05) is 18.2 Å². The van der Waals surface area contributed by atoms with Crippen molar-refractivity contribution in [1.29, 1.82) is 5.26 Å². The number of H-pyrrole nitrogens is 1. The summed E-state index contributed by atoms with van der Waals surface area (Å²) in [6.07, 6.45) is 1.74. The first kappa shape index (κ1) is 15.6. The van der Waals surface area contributed by atoms with Crippen LogP contribution < -0.4 is 9.47 Å². The molecule has 1 heterocycles. The molecule has 0 radical (unpaired) electrons. The number of nitrogens with one attached hydrogen (secondary N) is 1. The van der Waals surface area contributed by atoms with Crippen LogP contribution >= 0.6 is 0 Å². The van der Waals surface area contributed by atoms with Crippen LogP contribution in [0.3, 0.4) is 0 Å². The minimum absolute atomic E-state index is 0.426. The van der Waals surface area contributed by atoms with E-state index in [0.29, 0.717) is 22.9 Å². The summed E-state index contributed by atoms with van der Waals surface area (Å²) in [7, 11) is 3.16. The number of para-hydroxylation sites is 1. The van der Waals surface area contributed by atoms with Crippen LogP contribution in [0.4, 0.5) is 0 Å². The molecule has 0 spiro atoms. The number of nitrogens with zero attached hydrogens (tertiary/aromatic N) is 2. The van der Waals surface area contributed by atoms with E-state index < -0.39 is 0 Å². The average Bonchev–Trinajstić information content (AvgIpc) is 3.01. The molecule has 0 bridgehead atoms. The zero-order valence-corrected chi connectivity index (χ0v) is 13.8. The Morgan fingerprint density at radius 1 is 1.21 bits per heavy atom. The van der Waals surface area contributed by atoms with E-state index in [0.717, 1.165) is 22.2 Å². The van der Waals surface area contributed by atoms with Crippen molar-refractivity contribution in [3.8, 4) is 17.6 Å². The van der Waals surface area contributed by atoms with Crippen LogP contribution in [0.5, 0.6) is 11.5 Å². The van der Waals surface area contributed by atoms with Crippen LogP contribution in [-0.2, 0) is 0 Å². The molecule has 24 heavy (non-hydrogen) atoms. The van der Waals surface area contributed by atoms with Gasteiger partial charge in [0, 0.05) is 5.56 Å². The molecule has 0 unspecified atom stereocenters. The number of hydrogen-bond donors (Lipinski definition) is 1. The number of methoxy groups -OCH3 is 2. The average molecular weight is 319 g/mol. The van der Waals surface area contributed by atoms with Crippen LogP contribution in [0, 0.1) is 18.3 Å². The molecule has 5 nitrogen and oxygen atoms in total. The molecule has 0 fully saturated rings. The SMILES string of the molecule is COc1cccc(/C=C(/C#N)c2nc3ccc(C)cc3[nH]2)c1OC. The first-order valence-electron chi connectivity index (χ1n) is 7.45. The summed E-state index contributed by atoms with van der Waals surface area (Å²) in [6.45, 7) is 2.02. The monoisotopic (exact) mass is 319 g/mol. The van der Waals surface area contributed by atoms with Gasteiger partial charge in [0.25, 0.3) is 0 Å². The van der Waals surface area contributed by atoms with E-state index in [1.165, 1.54) is 0 Å². The van der Waals surface area contributed by atoms with Gasteiger partial charge in [0.2, 0.25) is 0 Å². The fourth-order valence-corrected chi connectivity index (χ4v) is 2.59.